The van der Waals surface area contributed by atoms with Crippen LogP contribution in [0.15, 0.2) is 33.4 Å². The number of hydrogen-bond donors (Lipinski definition) is 1. The second kappa shape index (κ2) is 6.40. The molecule has 18 heavy (non-hydrogen) atoms. The first-order valence-electron chi connectivity index (χ1n) is 5.53. The first kappa shape index (κ1) is 14.4. The predicted octanol–water partition coefficient (Wildman–Crippen LogP) is 5.52. The van der Waals surface area contributed by atoms with Crippen LogP contribution in [-0.4, -0.2) is 6.54 Å². The lowest BCUT2D eigenvalue weighted by atomic mass is 10.0. The van der Waals surface area contributed by atoms with Crippen LogP contribution in [0.3, 0.4) is 0 Å². The fourth-order valence-electron chi connectivity index (χ4n) is 1.80. The molecule has 0 fully saturated rings. The monoisotopic (exact) mass is 363 g/mol. The molecule has 96 valence electrons. The lowest BCUT2D eigenvalue weighted by molar-refractivity contribution is 0.630. The van der Waals surface area contributed by atoms with E-state index in [-0.39, 0.29) is 6.04 Å². The van der Waals surface area contributed by atoms with E-state index in [2.05, 4.69) is 38.9 Å². The highest BCUT2D eigenvalue weighted by atomic mass is 79.9. The molecule has 2 rings (SSSR count). The molecule has 1 nitrogen and oxygen atoms in total. The smallest absolute Gasteiger partial charge is 0.0596 e. The van der Waals surface area contributed by atoms with Crippen molar-refractivity contribution < 1.29 is 0 Å². The molecule has 1 aromatic heterocycles. The van der Waals surface area contributed by atoms with Gasteiger partial charge in [0.1, 0.15) is 0 Å². The Hall–Kier alpha value is -0.0600. The SMILES string of the molecule is CCNC(c1ccc(Cl)c(Cl)c1)c1cscc1Br. The Morgan fingerprint density at radius 3 is 2.61 bits per heavy atom. The molecule has 0 amide bonds. The summed E-state index contributed by atoms with van der Waals surface area (Å²) in [5.74, 6) is 0. The van der Waals surface area contributed by atoms with Crippen molar-refractivity contribution >= 4 is 50.5 Å². The minimum absolute atomic E-state index is 0.130. The zero-order chi connectivity index (χ0) is 13.1. The third-order valence-electron chi connectivity index (χ3n) is 2.64. The fourth-order valence-corrected chi connectivity index (χ4v) is 3.66. The quantitative estimate of drug-likeness (QED) is 0.753. The van der Waals surface area contributed by atoms with E-state index in [4.69, 9.17) is 23.2 Å². The fraction of sp³-hybridized carbons (Fsp3) is 0.231. The molecule has 5 heteroatoms. The zero-order valence-corrected chi connectivity index (χ0v) is 13.6. The van der Waals surface area contributed by atoms with E-state index in [1.165, 1.54) is 5.56 Å². The van der Waals surface area contributed by atoms with Gasteiger partial charge in [0, 0.05) is 9.85 Å². The van der Waals surface area contributed by atoms with Crippen LogP contribution in [0, 0.1) is 0 Å². The molecule has 1 N–H and O–H groups in total. The van der Waals surface area contributed by atoms with E-state index in [1.807, 2.05) is 18.2 Å². The zero-order valence-electron chi connectivity index (χ0n) is 9.71. The second-order valence-electron chi connectivity index (χ2n) is 3.84. The van der Waals surface area contributed by atoms with Gasteiger partial charge < -0.3 is 5.32 Å². The minimum Gasteiger partial charge on any atom is -0.306 e. The van der Waals surface area contributed by atoms with Gasteiger partial charge in [-0.25, -0.2) is 0 Å². The standard InChI is InChI=1S/C13H12BrCl2NS/c1-2-17-13(9-6-18-7-10(9)14)8-3-4-11(15)12(16)5-8/h3-7,13,17H,2H2,1H3. The van der Waals surface area contributed by atoms with Crippen molar-refractivity contribution in [3.63, 3.8) is 0 Å². The van der Waals surface area contributed by atoms with Crippen LogP contribution in [0.25, 0.3) is 0 Å². The summed E-state index contributed by atoms with van der Waals surface area (Å²) in [4.78, 5) is 0. The van der Waals surface area contributed by atoms with Crippen LogP contribution in [0.1, 0.15) is 24.1 Å². The summed E-state index contributed by atoms with van der Waals surface area (Å²) in [5, 5.41) is 8.85. The lowest BCUT2D eigenvalue weighted by Crippen LogP contribution is -2.21. The summed E-state index contributed by atoms with van der Waals surface area (Å²) in [7, 11) is 0. The predicted molar refractivity (Wildman–Crippen MR) is 84.0 cm³/mol. The number of halogens is 3. The molecule has 0 saturated heterocycles. The van der Waals surface area contributed by atoms with E-state index in [1.54, 1.807) is 11.3 Å². The summed E-state index contributed by atoms with van der Waals surface area (Å²) >= 11 is 17.3. The summed E-state index contributed by atoms with van der Waals surface area (Å²) in [6.07, 6.45) is 0. The number of nitrogens with one attached hydrogen (secondary N) is 1. The molecule has 1 atom stereocenters. The highest BCUT2D eigenvalue weighted by Gasteiger charge is 2.17. The minimum atomic E-state index is 0.130. The highest BCUT2D eigenvalue weighted by molar-refractivity contribution is 9.10. The van der Waals surface area contributed by atoms with Gasteiger partial charge >= 0.3 is 0 Å². The Balaban J connectivity index is 2.41. The van der Waals surface area contributed by atoms with E-state index >= 15 is 0 Å². The average molecular weight is 365 g/mol. The van der Waals surface area contributed by atoms with Crippen LogP contribution in [0.5, 0.6) is 0 Å². The molecule has 0 saturated carbocycles. The third-order valence-corrected chi connectivity index (χ3v) is 5.13. The van der Waals surface area contributed by atoms with Crippen LogP contribution in [0.4, 0.5) is 0 Å². The van der Waals surface area contributed by atoms with Crippen molar-refractivity contribution in [1.82, 2.24) is 5.32 Å². The van der Waals surface area contributed by atoms with Crippen molar-refractivity contribution in [2.75, 3.05) is 6.54 Å². The average Bonchev–Trinajstić information content (AvgIpc) is 2.76. The van der Waals surface area contributed by atoms with Gasteiger partial charge in [0.15, 0.2) is 0 Å². The first-order chi connectivity index (χ1) is 8.63. The van der Waals surface area contributed by atoms with E-state index < -0.39 is 0 Å². The summed E-state index contributed by atoms with van der Waals surface area (Å²) in [5.41, 5.74) is 2.34. The van der Waals surface area contributed by atoms with Gasteiger partial charge in [0.05, 0.1) is 16.1 Å². The van der Waals surface area contributed by atoms with Gasteiger partial charge in [0.25, 0.3) is 0 Å². The topological polar surface area (TPSA) is 12.0 Å². The van der Waals surface area contributed by atoms with Crippen molar-refractivity contribution in [1.29, 1.82) is 0 Å². The molecule has 0 radical (unpaired) electrons. The first-order valence-corrected chi connectivity index (χ1v) is 8.02. The summed E-state index contributed by atoms with van der Waals surface area (Å²) < 4.78 is 1.12. The molecule has 0 aliphatic heterocycles. The molecule has 0 spiro atoms. The molecule has 0 aliphatic carbocycles. The van der Waals surface area contributed by atoms with Crippen LogP contribution < -0.4 is 5.32 Å². The van der Waals surface area contributed by atoms with Crippen molar-refractivity contribution in [2.24, 2.45) is 0 Å². The van der Waals surface area contributed by atoms with Crippen molar-refractivity contribution in [3.05, 3.63) is 54.6 Å². The van der Waals surface area contributed by atoms with Crippen molar-refractivity contribution in [3.8, 4) is 0 Å². The Labute approximate surface area is 129 Å². The maximum Gasteiger partial charge on any atom is 0.0596 e. The van der Waals surface area contributed by atoms with Gasteiger partial charge in [-0.05, 0) is 51.1 Å². The van der Waals surface area contributed by atoms with Gasteiger partial charge in [-0.1, -0.05) is 36.2 Å². The molecule has 0 bridgehead atoms. The molecule has 1 heterocycles. The largest absolute Gasteiger partial charge is 0.306 e. The van der Waals surface area contributed by atoms with Gasteiger partial charge in [-0.2, -0.15) is 11.3 Å². The van der Waals surface area contributed by atoms with Crippen LogP contribution in [-0.2, 0) is 0 Å². The number of hydrogen-bond acceptors (Lipinski definition) is 2. The second-order valence-corrected chi connectivity index (χ2v) is 6.25. The van der Waals surface area contributed by atoms with E-state index in [9.17, 15) is 0 Å². The maximum atomic E-state index is 6.09. The van der Waals surface area contributed by atoms with Crippen LogP contribution in [0.2, 0.25) is 10.0 Å². The van der Waals surface area contributed by atoms with E-state index in [0.717, 1.165) is 16.6 Å². The number of benzene rings is 1. The van der Waals surface area contributed by atoms with Crippen LogP contribution >= 0.6 is 50.5 Å². The molecular formula is C13H12BrCl2NS. The summed E-state index contributed by atoms with van der Waals surface area (Å²) in [6, 6.07) is 5.89. The normalized spacial score (nSPS) is 12.7. The maximum absolute atomic E-state index is 6.09. The molecule has 1 unspecified atom stereocenters. The highest BCUT2D eigenvalue weighted by Crippen LogP contribution is 2.34. The molecule has 2 aromatic rings. The third kappa shape index (κ3) is 3.09. The van der Waals surface area contributed by atoms with Gasteiger partial charge in [-0.3, -0.25) is 0 Å². The van der Waals surface area contributed by atoms with E-state index in [0.29, 0.717) is 10.0 Å². The Morgan fingerprint density at radius 2 is 2.06 bits per heavy atom. The summed E-state index contributed by atoms with van der Waals surface area (Å²) in [6.45, 7) is 2.97. The molecule has 0 aliphatic rings. The Kier molecular flexibility index (Phi) is 5.10. The van der Waals surface area contributed by atoms with Gasteiger partial charge in [0.2, 0.25) is 0 Å². The van der Waals surface area contributed by atoms with Crippen molar-refractivity contribution in [2.45, 2.75) is 13.0 Å². The molecular weight excluding hydrogens is 353 g/mol. The number of rotatable bonds is 4. The number of thiophene rings is 1. The van der Waals surface area contributed by atoms with Gasteiger partial charge in [-0.15, -0.1) is 0 Å². The lowest BCUT2D eigenvalue weighted by Gasteiger charge is -2.18. The molecule has 1 aromatic carbocycles. The Bertz CT molecular complexity index is 542. The Morgan fingerprint density at radius 1 is 1.28 bits per heavy atom.